The van der Waals surface area contributed by atoms with E-state index in [2.05, 4.69) is 5.16 Å². The third kappa shape index (κ3) is 2.46. The maximum atomic E-state index is 12.4. The van der Waals surface area contributed by atoms with Crippen molar-refractivity contribution in [3.05, 3.63) is 29.3 Å². The number of sulfonamides is 1. The van der Waals surface area contributed by atoms with Crippen LogP contribution < -0.4 is 5.73 Å². The number of thiophene rings is 1. The Morgan fingerprint density at radius 3 is 2.70 bits per heavy atom. The molecule has 2 aromatic rings. The summed E-state index contributed by atoms with van der Waals surface area (Å²) in [6.07, 6.45) is 1.47. The lowest BCUT2D eigenvalue weighted by Gasteiger charge is -2.29. The highest BCUT2D eigenvalue weighted by atomic mass is 32.2. The first-order valence-corrected chi connectivity index (χ1v) is 8.65. The van der Waals surface area contributed by atoms with Crippen molar-refractivity contribution >= 4 is 27.2 Å². The maximum absolute atomic E-state index is 12.4. The molecule has 0 atom stereocenters. The Morgan fingerprint density at radius 2 is 2.15 bits per heavy atom. The van der Waals surface area contributed by atoms with Gasteiger partial charge in [0.1, 0.15) is 4.21 Å². The van der Waals surface area contributed by atoms with Crippen molar-refractivity contribution in [2.45, 2.75) is 23.0 Å². The molecule has 2 N–H and O–H groups in total. The molecule has 0 unspecified atom stereocenters. The molecule has 1 aliphatic rings. The van der Waals surface area contributed by atoms with Gasteiger partial charge >= 0.3 is 0 Å². The summed E-state index contributed by atoms with van der Waals surface area (Å²) in [5, 5.41) is 5.69. The Morgan fingerprint density at radius 1 is 1.40 bits per heavy atom. The number of rotatable bonds is 3. The molecule has 3 rings (SSSR count). The summed E-state index contributed by atoms with van der Waals surface area (Å²) in [6.45, 7) is 0.995. The van der Waals surface area contributed by atoms with Gasteiger partial charge in [-0.15, -0.1) is 11.3 Å². The van der Waals surface area contributed by atoms with Gasteiger partial charge in [-0.25, -0.2) is 8.42 Å². The molecular formula is C12H15N3O3S2. The maximum Gasteiger partial charge on any atom is 0.252 e. The van der Waals surface area contributed by atoms with Gasteiger partial charge in [0, 0.05) is 25.1 Å². The second-order valence-electron chi connectivity index (χ2n) is 4.76. The monoisotopic (exact) mass is 313 g/mol. The highest BCUT2D eigenvalue weighted by Crippen LogP contribution is 2.31. The molecule has 1 fully saturated rings. The van der Waals surface area contributed by atoms with Crippen LogP contribution >= 0.6 is 11.3 Å². The van der Waals surface area contributed by atoms with E-state index >= 15 is 0 Å². The van der Waals surface area contributed by atoms with Crippen LogP contribution in [0, 0.1) is 0 Å². The first kappa shape index (κ1) is 13.6. The minimum atomic E-state index is -3.34. The molecule has 0 spiro atoms. The first-order valence-electron chi connectivity index (χ1n) is 6.33. The Kier molecular flexibility index (Phi) is 3.53. The fourth-order valence-corrected chi connectivity index (χ4v) is 5.04. The lowest BCUT2D eigenvalue weighted by atomic mass is 9.95. The summed E-state index contributed by atoms with van der Waals surface area (Å²) in [4.78, 5) is 0. The van der Waals surface area contributed by atoms with Gasteiger partial charge in [-0.3, -0.25) is 0 Å². The van der Waals surface area contributed by atoms with E-state index in [1.165, 1.54) is 11.3 Å². The summed E-state index contributed by atoms with van der Waals surface area (Å²) in [5.74, 6) is 0.513. The average molecular weight is 313 g/mol. The van der Waals surface area contributed by atoms with Gasteiger partial charge in [-0.05, 0) is 24.3 Å². The number of hydrogen-bond donors (Lipinski definition) is 1. The number of piperidine rings is 1. The predicted octanol–water partition coefficient (Wildman–Crippen LogP) is 1.89. The Balaban J connectivity index is 1.70. The van der Waals surface area contributed by atoms with Gasteiger partial charge in [0.15, 0.2) is 0 Å². The fourth-order valence-electron chi connectivity index (χ4n) is 2.43. The molecule has 0 amide bonds. The third-order valence-corrected chi connectivity index (χ3v) is 6.78. The van der Waals surface area contributed by atoms with E-state index in [-0.39, 0.29) is 5.92 Å². The Labute approximate surface area is 121 Å². The molecule has 2 aromatic heterocycles. The molecule has 8 heteroatoms. The summed E-state index contributed by atoms with van der Waals surface area (Å²) >= 11 is 1.25. The molecule has 6 nitrogen and oxygen atoms in total. The minimum Gasteiger partial charge on any atom is -0.368 e. The van der Waals surface area contributed by atoms with Crippen LogP contribution in [0.3, 0.4) is 0 Å². The van der Waals surface area contributed by atoms with Crippen LogP contribution in [-0.2, 0) is 10.0 Å². The number of nitrogen functional groups attached to an aromatic ring is 1. The second-order valence-corrected chi connectivity index (χ2v) is 7.88. The number of hydrogen-bond acceptors (Lipinski definition) is 6. The van der Waals surface area contributed by atoms with Crippen molar-refractivity contribution in [1.82, 2.24) is 9.46 Å². The third-order valence-electron chi connectivity index (χ3n) is 3.51. The van der Waals surface area contributed by atoms with Crippen molar-refractivity contribution in [2.75, 3.05) is 18.8 Å². The van der Waals surface area contributed by atoms with Crippen LogP contribution in [0.2, 0.25) is 0 Å². The number of nitrogens with zero attached hydrogens (tertiary/aromatic N) is 2. The average Bonchev–Trinajstić information content (AvgIpc) is 3.10. The van der Waals surface area contributed by atoms with Gasteiger partial charge in [0.25, 0.3) is 10.0 Å². The number of nitrogens with two attached hydrogens (primary N) is 1. The number of anilines is 1. The highest BCUT2D eigenvalue weighted by Gasteiger charge is 2.31. The van der Waals surface area contributed by atoms with Crippen LogP contribution in [0.4, 0.5) is 5.88 Å². The summed E-state index contributed by atoms with van der Waals surface area (Å²) in [7, 11) is -3.34. The molecule has 0 saturated carbocycles. The summed E-state index contributed by atoms with van der Waals surface area (Å²) in [6, 6.07) is 5.11. The zero-order chi connectivity index (χ0) is 14.2. The zero-order valence-electron chi connectivity index (χ0n) is 10.7. The van der Waals surface area contributed by atoms with Gasteiger partial charge in [-0.2, -0.15) is 4.31 Å². The van der Waals surface area contributed by atoms with Gasteiger partial charge in [0.2, 0.25) is 5.88 Å². The fraction of sp³-hybridized carbons (Fsp3) is 0.417. The van der Waals surface area contributed by atoms with Crippen molar-refractivity contribution in [3.63, 3.8) is 0 Å². The van der Waals surface area contributed by atoms with E-state index in [4.69, 9.17) is 10.3 Å². The molecule has 0 bridgehead atoms. The summed E-state index contributed by atoms with van der Waals surface area (Å²) in [5.41, 5.74) is 6.33. The SMILES string of the molecule is Nc1cc(C2CCN(S(=O)(=O)c3cccs3)CC2)no1. The van der Waals surface area contributed by atoms with Crippen molar-refractivity contribution in [3.8, 4) is 0 Å². The van der Waals surface area contributed by atoms with Crippen molar-refractivity contribution in [1.29, 1.82) is 0 Å². The van der Waals surface area contributed by atoms with Crippen LogP contribution in [0.5, 0.6) is 0 Å². The molecule has 0 aliphatic carbocycles. The smallest absolute Gasteiger partial charge is 0.252 e. The molecule has 20 heavy (non-hydrogen) atoms. The van der Waals surface area contributed by atoms with E-state index in [1.807, 2.05) is 0 Å². The van der Waals surface area contributed by atoms with Gasteiger partial charge in [-0.1, -0.05) is 11.2 Å². The summed E-state index contributed by atoms with van der Waals surface area (Å²) < 4.78 is 31.6. The highest BCUT2D eigenvalue weighted by molar-refractivity contribution is 7.91. The second kappa shape index (κ2) is 5.19. The molecule has 1 saturated heterocycles. The van der Waals surface area contributed by atoms with Crippen LogP contribution in [0.1, 0.15) is 24.5 Å². The normalized spacial score (nSPS) is 18.4. The number of aromatic nitrogens is 1. The van der Waals surface area contributed by atoms with E-state index in [0.29, 0.717) is 23.2 Å². The molecule has 108 valence electrons. The molecule has 3 heterocycles. The van der Waals surface area contributed by atoms with E-state index < -0.39 is 10.0 Å². The Hall–Kier alpha value is -1.38. The van der Waals surface area contributed by atoms with Crippen LogP contribution in [-0.4, -0.2) is 31.0 Å². The lowest BCUT2D eigenvalue weighted by Crippen LogP contribution is -2.37. The minimum absolute atomic E-state index is 0.214. The molecule has 1 aliphatic heterocycles. The quantitative estimate of drug-likeness (QED) is 0.934. The lowest BCUT2D eigenvalue weighted by molar-refractivity contribution is 0.309. The van der Waals surface area contributed by atoms with E-state index in [1.54, 1.807) is 27.9 Å². The first-order chi connectivity index (χ1) is 9.57. The van der Waals surface area contributed by atoms with Crippen molar-refractivity contribution < 1.29 is 12.9 Å². The van der Waals surface area contributed by atoms with Crippen molar-refractivity contribution in [2.24, 2.45) is 0 Å². The van der Waals surface area contributed by atoms with Crippen LogP contribution in [0.15, 0.2) is 32.3 Å². The molecule has 0 aromatic carbocycles. The van der Waals surface area contributed by atoms with E-state index in [9.17, 15) is 8.42 Å². The van der Waals surface area contributed by atoms with Gasteiger partial charge in [0.05, 0.1) is 5.69 Å². The van der Waals surface area contributed by atoms with E-state index in [0.717, 1.165) is 18.5 Å². The Bertz CT molecular complexity index is 671. The topological polar surface area (TPSA) is 89.4 Å². The van der Waals surface area contributed by atoms with Gasteiger partial charge < -0.3 is 10.3 Å². The van der Waals surface area contributed by atoms with Crippen LogP contribution in [0.25, 0.3) is 0 Å². The zero-order valence-corrected chi connectivity index (χ0v) is 12.4. The molecule has 0 radical (unpaired) electrons. The largest absolute Gasteiger partial charge is 0.368 e. The predicted molar refractivity (Wildman–Crippen MR) is 76.0 cm³/mol. The molecular weight excluding hydrogens is 298 g/mol. The standard InChI is InChI=1S/C12H15N3O3S2/c13-11-8-10(14-18-11)9-3-5-15(6-4-9)20(16,17)12-2-1-7-19-12/h1-2,7-9H,3-6,13H2.